The molecule has 0 atom stereocenters. The second-order valence-corrected chi connectivity index (χ2v) is 9.18. The van der Waals surface area contributed by atoms with E-state index in [2.05, 4.69) is 15.0 Å². The number of carbonyl (C=O) groups excluding carboxylic acids is 1. The van der Waals surface area contributed by atoms with Crippen LogP contribution in [0.2, 0.25) is 0 Å². The number of amides is 1. The minimum atomic E-state index is -3.92. The van der Waals surface area contributed by atoms with Gasteiger partial charge in [-0.2, -0.15) is 0 Å². The Labute approximate surface area is 198 Å². The van der Waals surface area contributed by atoms with Crippen molar-refractivity contribution >= 4 is 44.3 Å². The van der Waals surface area contributed by atoms with Gasteiger partial charge in [0.1, 0.15) is 5.75 Å². The smallest absolute Gasteiger partial charge is 0.262 e. The van der Waals surface area contributed by atoms with Crippen LogP contribution in [-0.4, -0.2) is 26.4 Å². The Morgan fingerprint density at radius 2 is 1.79 bits per heavy atom. The van der Waals surface area contributed by atoms with E-state index in [0.29, 0.717) is 22.7 Å². The minimum Gasteiger partial charge on any atom is -0.495 e. The molecule has 0 fully saturated rings. The maximum absolute atomic E-state index is 13.1. The van der Waals surface area contributed by atoms with Gasteiger partial charge in [0.15, 0.2) is 0 Å². The molecule has 0 saturated heterocycles. The van der Waals surface area contributed by atoms with Crippen molar-refractivity contribution in [2.75, 3.05) is 17.1 Å². The summed E-state index contributed by atoms with van der Waals surface area (Å²) in [7, 11) is -2.45. The topological polar surface area (TPSA) is 97.4 Å². The summed E-state index contributed by atoms with van der Waals surface area (Å²) in [5.41, 5.74) is 2.82. The zero-order chi connectivity index (χ0) is 24.1. The number of hydrogen-bond donors (Lipinski definition) is 2. The largest absolute Gasteiger partial charge is 0.495 e. The number of pyridine rings is 1. The maximum Gasteiger partial charge on any atom is 0.262 e. The molecule has 0 aliphatic heterocycles. The fourth-order valence-electron chi connectivity index (χ4n) is 3.51. The molecule has 0 bridgehead atoms. The summed E-state index contributed by atoms with van der Waals surface area (Å²) in [6.07, 6.45) is 4.78. The van der Waals surface area contributed by atoms with Crippen LogP contribution >= 0.6 is 0 Å². The molecule has 1 heterocycles. The van der Waals surface area contributed by atoms with Crippen molar-refractivity contribution in [1.29, 1.82) is 0 Å². The predicted molar refractivity (Wildman–Crippen MR) is 134 cm³/mol. The first-order valence-corrected chi connectivity index (χ1v) is 11.9. The summed E-state index contributed by atoms with van der Waals surface area (Å²) in [5, 5.41) is 3.70. The first-order chi connectivity index (χ1) is 16.4. The number of fused-ring (bicyclic) bond motifs is 1. The van der Waals surface area contributed by atoms with Crippen LogP contribution in [0.3, 0.4) is 0 Å². The van der Waals surface area contributed by atoms with Gasteiger partial charge in [-0.1, -0.05) is 42.5 Å². The summed E-state index contributed by atoms with van der Waals surface area (Å²) in [5.74, 6) is 0.0130. The van der Waals surface area contributed by atoms with Crippen LogP contribution in [-0.2, 0) is 14.8 Å². The molecule has 4 rings (SSSR count). The number of anilines is 2. The highest BCUT2D eigenvalue weighted by atomic mass is 32.2. The van der Waals surface area contributed by atoms with Gasteiger partial charge in [0.2, 0.25) is 5.91 Å². The predicted octanol–water partition coefficient (Wildman–Crippen LogP) is 5.00. The molecule has 1 aromatic heterocycles. The molecule has 7 nitrogen and oxygen atoms in total. The highest BCUT2D eigenvalue weighted by Crippen LogP contribution is 2.28. The number of rotatable bonds is 7. The lowest BCUT2D eigenvalue weighted by atomic mass is 10.1. The SMILES string of the molecule is COc1ccccc1NS(=O)(=O)c1cc(NC(=O)C=Cc2cccc3cccnc23)ccc1C. The first kappa shape index (κ1) is 23.0. The molecule has 0 saturated carbocycles. The van der Waals surface area contributed by atoms with Gasteiger partial charge in [0.25, 0.3) is 10.0 Å². The minimum absolute atomic E-state index is 0.0541. The van der Waals surface area contributed by atoms with Crippen LogP contribution < -0.4 is 14.8 Å². The first-order valence-electron chi connectivity index (χ1n) is 10.5. The number of methoxy groups -OCH3 is 1. The number of ether oxygens (including phenoxy) is 1. The number of carbonyl (C=O) groups is 1. The van der Waals surface area contributed by atoms with E-state index >= 15 is 0 Å². The average Bonchev–Trinajstić information content (AvgIpc) is 2.84. The second-order valence-electron chi connectivity index (χ2n) is 7.53. The van der Waals surface area contributed by atoms with E-state index in [1.165, 1.54) is 19.3 Å². The summed E-state index contributed by atoms with van der Waals surface area (Å²) in [4.78, 5) is 17.0. The highest BCUT2D eigenvalue weighted by Gasteiger charge is 2.19. The van der Waals surface area contributed by atoms with E-state index < -0.39 is 15.9 Å². The Morgan fingerprint density at radius 3 is 2.62 bits per heavy atom. The number of sulfonamides is 1. The van der Waals surface area contributed by atoms with E-state index in [9.17, 15) is 13.2 Å². The van der Waals surface area contributed by atoms with Crippen LogP contribution in [0.1, 0.15) is 11.1 Å². The molecular weight excluding hydrogens is 450 g/mol. The quantitative estimate of drug-likeness (QED) is 0.368. The molecular formula is C26H23N3O4S. The van der Waals surface area contributed by atoms with Gasteiger partial charge in [0, 0.05) is 28.9 Å². The lowest BCUT2D eigenvalue weighted by molar-refractivity contribution is -0.111. The van der Waals surface area contributed by atoms with Gasteiger partial charge < -0.3 is 10.1 Å². The number of nitrogens with one attached hydrogen (secondary N) is 2. The third-order valence-corrected chi connectivity index (χ3v) is 6.68. The zero-order valence-electron chi connectivity index (χ0n) is 18.6. The molecule has 0 unspecified atom stereocenters. The van der Waals surface area contributed by atoms with Gasteiger partial charge in [-0.15, -0.1) is 0 Å². The monoisotopic (exact) mass is 473 g/mol. The van der Waals surface area contributed by atoms with Crippen molar-refractivity contribution < 1.29 is 17.9 Å². The summed E-state index contributed by atoms with van der Waals surface area (Å²) in [6, 6.07) is 21.0. The lowest BCUT2D eigenvalue weighted by Crippen LogP contribution is -2.16. The van der Waals surface area contributed by atoms with Crippen LogP contribution in [0.25, 0.3) is 17.0 Å². The molecule has 34 heavy (non-hydrogen) atoms. The number of aryl methyl sites for hydroxylation is 1. The number of nitrogens with zero attached hydrogens (tertiary/aromatic N) is 1. The number of benzene rings is 3. The Morgan fingerprint density at radius 1 is 1.00 bits per heavy atom. The van der Waals surface area contributed by atoms with Gasteiger partial charge in [-0.05, 0) is 48.9 Å². The van der Waals surface area contributed by atoms with Crippen molar-refractivity contribution in [2.24, 2.45) is 0 Å². The summed E-state index contributed by atoms with van der Waals surface area (Å²) in [6.45, 7) is 1.69. The standard InChI is InChI=1S/C26H23N3O4S/c1-18-12-14-21(17-24(18)34(31,32)29-22-10-3-4-11-23(22)33-2)28-25(30)15-13-20-8-5-7-19-9-6-16-27-26(19)20/h3-17,29H,1-2H3,(H,28,30). The van der Waals surface area contributed by atoms with Crippen molar-refractivity contribution in [1.82, 2.24) is 4.98 Å². The van der Waals surface area contributed by atoms with Crippen LogP contribution in [0.15, 0.2) is 90.0 Å². The Hall–Kier alpha value is -4.17. The Kier molecular flexibility index (Phi) is 6.60. The van der Waals surface area contributed by atoms with Crippen LogP contribution in [0.4, 0.5) is 11.4 Å². The van der Waals surface area contributed by atoms with Gasteiger partial charge >= 0.3 is 0 Å². The summed E-state index contributed by atoms with van der Waals surface area (Å²) >= 11 is 0. The third kappa shape index (κ3) is 5.07. The van der Waals surface area contributed by atoms with Gasteiger partial charge in [0.05, 0.1) is 23.2 Å². The molecule has 2 N–H and O–H groups in total. The zero-order valence-corrected chi connectivity index (χ0v) is 19.5. The fourth-order valence-corrected chi connectivity index (χ4v) is 4.85. The molecule has 0 aliphatic rings. The van der Waals surface area contributed by atoms with E-state index in [-0.39, 0.29) is 4.90 Å². The van der Waals surface area contributed by atoms with Gasteiger partial charge in [-0.25, -0.2) is 8.42 Å². The van der Waals surface area contributed by atoms with Gasteiger partial charge in [-0.3, -0.25) is 14.5 Å². The lowest BCUT2D eigenvalue weighted by Gasteiger charge is -2.14. The van der Waals surface area contributed by atoms with E-state index in [1.807, 2.05) is 30.3 Å². The molecule has 8 heteroatoms. The van der Waals surface area contributed by atoms with Crippen molar-refractivity contribution in [3.8, 4) is 5.75 Å². The second kappa shape index (κ2) is 9.76. The van der Waals surface area contributed by atoms with Crippen LogP contribution in [0.5, 0.6) is 5.75 Å². The molecule has 3 aromatic carbocycles. The normalized spacial score (nSPS) is 11.5. The van der Waals surface area contributed by atoms with Crippen molar-refractivity contribution in [3.05, 3.63) is 96.2 Å². The fraction of sp³-hybridized carbons (Fsp3) is 0.0769. The molecule has 0 spiro atoms. The number of hydrogen-bond acceptors (Lipinski definition) is 5. The average molecular weight is 474 g/mol. The molecule has 0 radical (unpaired) electrons. The van der Waals surface area contributed by atoms with Crippen LogP contribution in [0, 0.1) is 6.92 Å². The van der Waals surface area contributed by atoms with Crippen molar-refractivity contribution in [3.63, 3.8) is 0 Å². The Balaban J connectivity index is 1.54. The maximum atomic E-state index is 13.1. The van der Waals surface area contributed by atoms with E-state index in [0.717, 1.165) is 16.5 Å². The number of para-hydroxylation sites is 3. The van der Waals surface area contributed by atoms with E-state index in [4.69, 9.17) is 4.74 Å². The molecule has 0 aliphatic carbocycles. The highest BCUT2D eigenvalue weighted by molar-refractivity contribution is 7.92. The summed E-state index contributed by atoms with van der Waals surface area (Å²) < 4.78 is 33.9. The molecule has 4 aromatic rings. The Bertz CT molecular complexity index is 1490. The molecule has 1 amide bonds. The molecule has 172 valence electrons. The van der Waals surface area contributed by atoms with Crippen molar-refractivity contribution in [2.45, 2.75) is 11.8 Å². The number of aromatic nitrogens is 1. The van der Waals surface area contributed by atoms with E-state index in [1.54, 1.807) is 55.6 Å². The third-order valence-electron chi connectivity index (χ3n) is 5.17.